The number of H-pyrrole nitrogens is 1. The van der Waals surface area contributed by atoms with Crippen LogP contribution in [0.1, 0.15) is 36.5 Å². The highest BCUT2D eigenvalue weighted by atomic mass is 16.3. The van der Waals surface area contributed by atoms with Gasteiger partial charge in [-0.15, -0.1) is 0 Å². The molecular weight excluding hydrogens is 280 g/mol. The minimum absolute atomic E-state index is 0.0344. The molecule has 1 atom stereocenters. The Balaban J connectivity index is 2.07. The molecule has 6 nitrogen and oxygen atoms in total. The Kier molecular flexibility index (Phi) is 5.27. The van der Waals surface area contributed by atoms with E-state index < -0.39 is 0 Å². The number of benzene rings is 1. The number of aryl methyl sites for hydroxylation is 1. The van der Waals surface area contributed by atoms with E-state index in [9.17, 15) is 4.79 Å². The first-order chi connectivity index (χ1) is 10.5. The van der Waals surface area contributed by atoms with Gasteiger partial charge in [-0.25, -0.2) is 4.98 Å². The predicted molar refractivity (Wildman–Crippen MR) is 84.4 cm³/mol. The molecule has 0 saturated heterocycles. The van der Waals surface area contributed by atoms with Gasteiger partial charge in [0.1, 0.15) is 5.82 Å². The van der Waals surface area contributed by atoms with E-state index in [0.717, 1.165) is 11.4 Å². The molecule has 0 spiro atoms. The van der Waals surface area contributed by atoms with Crippen molar-refractivity contribution in [3.63, 3.8) is 0 Å². The number of nitrogens with zero attached hydrogens (tertiary/aromatic N) is 2. The molecule has 1 aromatic heterocycles. The lowest BCUT2D eigenvalue weighted by molar-refractivity contribution is 0.0916. The van der Waals surface area contributed by atoms with Crippen LogP contribution in [0.5, 0.6) is 0 Å². The van der Waals surface area contributed by atoms with E-state index in [1.807, 2.05) is 32.9 Å². The third-order valence-corrected chi connectivity index (χ3v) is 3.56. The number of hydrogen-bond acceptors (Lipinski definition) is 4. The molecule has 0 aliphatic heterocycles. The van der Waals surface area contributed by atoms with Gasteiger partial charge >= 0.3 is 0 Å². The summed E-state index contributed by atoms with van der Waals surface area (Å²) in [6.45, 7) is 5.95. The highest BCUT2D eigenvalue weighted by Gasteiger charge is 2.16. The summed E-state index contributed by atoms with van der Waals surface area (Å²) in [6, 6.07) is 7.13. The van der Waals surface area contributed by atoms with Crippen LogP contribution >= 0.6 is 0 Å². The van der Waals surface area contributed by atoms with Crippen LogP contribution in [0.3, 0.4) is 0 Å². The minimum atomic E-state index is -0.134. The molecule has 0 radical (unpaired) electrons. The lowest BCUT2D eigenvalue weighted by atomic mass is 10.0. The molecule has 2 aromatic rings. The molecule has 0 aliphatic carbocycles. The van der Waals surface area contributed by atoms with E-state index in [2.05, 4.69) is 20.5 Å². The van der Waals surface area contributed by atoms with Crippen LogP contribution < -0.4 is 5.32 Å². The molecule has 0 bridgehead atoms. The Morgan fingerprint density at radius 3 is 2.50 bits per heavy atom. The molecule has 1 aromatic carbocycles. The maximum absolute atomic E-state index is 12.3. The van der Waals surface area contributed by atoms with Crippen LogP contribution in [0.15, 0.2) is 24.3 Å². The summed E-state index contributed by atoms with van der Waals surface area (Å²) in [6.07, 6.45) is 0.554. The fraction of sp³-hybridized carbons (Fsp3) is 0.438. The number of carbonyl (C=O) groups excluding carboxylic acids is 1. The topological polar surface area (TPSA) is 90.9 Å². The van der Waals surface area contributed by atoms with Crippen LogP contribution in [0.4, 0.5) is 0 Å². The van der Waals surface area contributed by atoms with Crippen molar-refractivity contribution in [2.45, 2.75) is 33.2 Å². The largest absolute Gasteiger partial charge is 0.396 e. The molecule has 3 N–H and O–H groups in total. The summed E-state index contributed by atoms with van der Waals surface area (Å²) in [5.41, 5.74) is 1.44. The molecule has 2 rings (SSSR count). The lowest BCUT2D eigenvalue weighted by Crippen LogP contribution is -2.39. The second kappa shape index (κ2) is 7.17. The summed E-state index contributed by atoms with van der Waals surface area (Å²) in [5.74, 6) is 1.50. The van der Waals surface area contributed by atoms with E-state index in [0.29, 0.717) is 17.8 Å². The molecule has 1 unspecified atom stereocenters. The molecule has 22 heavy (non-hydrogen) atoms. The van der Waals surface area contributed by atoms with Gasteiger partial charge in [-0.1, -0.05) is 26.0 Å². The first-order valence-electron chi connectivity index (χ1n) is 7.42. The number of rotatable bonds is 6. The van der Waals surface area contributed by atoms with Crippen LogP contribution in [0.2, 0.25) is 0 Å². The fourth-order valence-electron chi connectivity index (χ4n) is 2.21. The van der Waals surface area contributed by atoms with Gasteiger partial charge in [-0.05, 0) is 31.4 Å². The van der Waals surface area contributed by atoms with Gasteiger partial charge in [0, 0.05) is 23.8 Å². The van der Waals surface area contributed by atoms with E-state index in [-0.39, 0.29) is 24.5 Å². The third kappa shape index (κ3) is 3.92. The van der Waals surface area contributed by atoms with Gasteiger partial charge in [0.15, 0.2) is 5.82 Å². The highest BCUT2D eigenvalue weighted by molar-refractivity contribution is 5.94. The van der Waals surface area contributed by atoms with Gasteiger partial charge in [0.2, 0.25) is 0 Å². The van der Waals surface area contributed by atoms with Crippen LogP contribution in [-0.4, -0.2) is 38.8 Å². The SMILES string of the molecule is Cc1nc(-c2ccc(C(=O)NC(CCO)C(C)C)cc2)n[nH]1. The van der Waals surface area contributed by atoms with Crippen molar-refractivity contribution >= 4 is 5.91 Å². The van der Waals surface area contributed by atoms with Crippen molar-refractivity contribution in [3.05, 3.63) is 35.7 Å². The Labute approximate surface area is 130 Å². The zero-order valence-corrected chi connectivity index (χ0v) is 13.1. The molecule has 118 valence electrons. The van der Waals surface area contributed by atoms with Gasteiger partial charge in [-0.3, -0.25) is 9.89 Å². The number of aromatic amines is 1. The number of aromatic nitrogens is 3. The van der Waals surface area contributed by atoms with Crippen LogP contribution in [0.25, 0.3) is 11.4 Å². The van der Waals surface area contributed by atoms with Crippen molar-refractivity contribution < 1.29 is 9.90 Å². The van der Waals surface area contributed by atoms with Gasteiger partial charge in [-0.2, -0.15) is 5.10 Å². The quantitative estimate of drug-likeness (QED) is 0.760. The normalized spacial score (nSPS) is 12.4. The molecular formula is C16H22N4O2. The maximum atomic E-state index is 12.3. The van der Waals surface area contributed by atoms with Gasteiger partial charge in [0.05, 0.1) is 0 Å². The summed E-state index contributed by atoms with van der Waals surface area (Å²) in [5, 5.41) is 18.9. The van der Waals surface area contributed by atoms with Crippen LogP contribution in [-0.2, 0) is 0 Å². The Morgan fingerprint density at radius 2 is 2.00 bits per heavy atom. The number of aliphatic hydroxyl groups excluding tert-OH is 1. The van der Waals surface area contributed by atoms with Crippen molar-refractivity contribution in [3.8, 4) is 11.4 Å². The number of aliphatic hydroxyl groups is 1. The number of carbonyl (C=O) groups is 1. The molecule has 0 aliphatic rings. The zero-order valence-electron chi connectivity index (χ0n) is 13.1. The maximum Gasteiger partial charge on any atom is 0.251 e. The van der Waals surface area contributed by atoms with E-state index >= 15 is 0 Å². The molecule has 1 heterocycles. The molecule has 1 amide bonds. The van der Waals surface area contributed by atoms with Crippen molar-refractivity contribution in [1.82, 2.24) is 20.5 Å². The first-order valence-corrected chi connectivity index (χ1v) is 7.42. The average molecular weight is 302 g/mol. The molecule has 0 fully saturated rings. The Hall–Kier alpha value is -2.21. The summed E-state index contributed by atoms with van der Waals surface area (Å²) < 4.78 is 0. The molecule has 0 saturated carbocycles. The van der Waals surface area contributed by atoms with Crippen molar-refractivity contribution in [2.24, 2.45) is 5.92 Å². The third-order valence-electron chi connectivity index (χ3n) is 3.56. The first kappa shape index (κ1) is 16.2. The summed E-state index contributed by atoms with van der Waals surface area (Å²) >= 11 is 0. The van der Waals surface area contributed by atoms with Gasteiger partial charge < -0.3 is 10.4 Å². The zero-order chi connectivity index (χ0) is 16.1. The second-order valence-electron chi connectivity index (χ2n) is 5.66. The number of nitrogens with one attached hydrogen (secondary N) is 2. The average Bonchev–Trinajstić information content (AvgIpc) is 2.93. The lowest BCUT2D eigenvalue weighted by Gasteiger charge is -2.21. The van der Waals surface area contributed by atoms with Crippen molar-refractivity contribution in [2.75, 3.05) is 6.61 Å². The Bertz CT molecular complexity index is 619. The standard InChI is InChI=1S/C16H22N4O2/c1-10(2)14(8-9-21)18-16(22)13-6-4-12(5-7-13)15-17-11(3)19-20-15/h4-7,10,14,21H,8-9H2,1-3H3,(H,18,22)(H,17,19,20). The fourth-order valence-corrected chi connectivity index (χ4v) is 2.21. The highest BCUT2D eigenvalue weighted by Crippen LogP contribution is 2.16. The van der Waals surface area contributed by atoms with Crippen LogP contribution in [0, 0.1) is 12.8 Å². The Morgan fingerprint density at radius 1 is 1.32 bits per heavy atom. The van der Waals surface area contributed by atoms with E-state index in [1.165, 1.54) is 0 Å². The van der Waals surface area contributed by atoms with Crippen molar-refractivity contribution in [1.29, 1.82) is 0 Å². The minimum Gasteiger partial charge on any atom is -0.396 e. The predicted octanol–water partition coefficient (Wildman–Crippen LogP) is 1.92. The second-order valence-corrected chi connectivity index (χ2v) is 5.66. The monoisotopic (exact) mass is 302 g/mol. The van der Waals surface area contributed by atoms with E-state index in [4.69, 9.17) is 5.11 Å². The number of amides is 1. The summed E-state index contributed by atoms with van der Waals surface area (Å²) in [4.78, 5) is 16.5. The van der Waals surface area contributed by atoms with Gasteiger partial charge in [0.25, 0.3) is 5.91 Å². The van der Waals surface area contributed by atoms with E-state index in [1.54, 1.807) is 12.1 Å². The molecule has 6 heteroatoms. The smallest absolute Gasteiger partial charge is 0.251 e. The summed E-state index contributed by atoms with van der Waals surface area (Å²) in [7, 11) is 0. The number of hydrogen-bond donors (Lipinski definition) is 3.